The largest absolute Gasteiger partial charge is 0.508 e. The van der Waals surface area contributed by atoms with Crippen molar-refractivity contribution in [2.75, 3.05) is 25.0 Å². The summed E-state index contributed by atoms with van der Waals surface area (Å²) < 4.78 is 0. The number of anilines is 1. The molecule has 112 valence electrons. The zero-order valence-electron chi connectivity index (χ0n) is 11.9. The van der Waals surface area contributed by atoms with Crippen molar-refractivity contribution in [3.8, 4) is 5.75 Å². The first kappa shape index (κ1) is 13.9. The van der Waals surface area contributed by atoms with Crippen LogP contribution in [-0.2, 0) is 9.59 Å². The summed E-state index contributed by atoms with van der Waals surface area (Å²) in [5.74, 6) is -0.201. The van der Waals surface area contributed by atoms with Gasteiger partial charge in [0.1, 0.15) is 5.75 Å². The number of hydrogen-bond donors (Lipinski definition) is 3. The maximum atomic E-state index is 12.3. The summed E-state index contributed by atoms with van der Waals surface area (Å²) in [6, 6.07) is 5.05. The van der Waals surface area contributed by atoms with E-state index in [1.165, 1.54) is 6.07 Å². The summed E-state index contributed by atoms with van der Waals surface area (Å²) in [5.41, 5.74) is 1.47. The number of likely N-dealkylation sites (tertiary alicyclic amines) is 1. The third kappa shape index (κ3) is 2.71. The fourth-order valence-electron chi connectivity index (χ4n) is 2.78. The number of amides is 2. The normalized spacial score (nSPS) is 22.2. The van der Waals surface area contributed by atoms with Crippen LogP contribution < -0.4 is 10.6 Å². The molecule has 0 aliphatic carbocycles. The van der Waals surface area contributed by atoms with Crippen molar-refractivity contribution in [2.45, 2.75) is 19.4 Å². The maximum Gasteiger partial charge on any atom is 0.229 e. The van der Waals surface area contributed by atoms with Gasteiger partial charge in [0.05, 0.1) is 12.0 Å². The first-order valence-electron chi connectivity index (χ1n) is 7.15. The molecular formula is C15H19N3O3. The molecule has 3 N–H and O–H groups in total. The molecule has 2 amide bonds. The Bertz CT molecular complexity index is 584. The smallest absolute Gasteiger partial charge is 0.229 e. The lowest BCUT2D eigenvalue weighted by molar-refractivity contribution is -0.130. The summed E-state index contributed by atoms with van der Waals surface area (Å²) in [6.45, 7) is 3.95. The van der Waals surface area contributed by atoms with Gasteiger partial charge in [-0.05, 0) is 30.7 Å². The summed E-state index contributed by atoms with van der Waals surface area (Å²) in [6.07, 6.45) is 0.277. The quantitative estimate of drug-likeness (QED) is 0.706. The monoisotopic (exact) mass is 289 g/mol. The number of aromatic hydroxyl groups is 1. The van der Waals surface area contributed by atoms with E-state index in [4.69, 9.17) is 0 Å². The Balaban J connectivity index is 1.64. The summed E-state index contributed by atoms with van der Waals surface area (Å²) >= 11 is 0. The highest BCUT2D eigenvalue weighted by atomic mass is 16.3. The summed E-state index contributed by atoms with van der Waals surface area (Å²) in [4.78, 5) is 26.1. The number of carbonyl (C=O) groups excluding carboxylic acids is 2. The van der Waals surface area contributed by atoms with Crippen LogP contribution in [-0.4, -0.2) is 47.5 Å². The van der Waals surface area contributed by atoms with E-state index in [9.17, 15) is 14.7 Å². The number of rotatable bonds is 3. The number of nitrogens with zero attached hydrogens (tertiary/aromatic N) is 1. The van der Waals surface area contributed by atoms with Gasteiger partial charge in [0, 0.05) is 31.7 Å². The minimum Gasteiger partial charge on any atom is -0.508 e. The standard InChI is InChI=1S/C15H19N3O3/c1-9-4-12(19)2-3-13(9)17-15(21)10-5-14(20)18(8-10)11-6-16-7-11/h2-4,10-11,16,19H,5-8H2,1H3,(H,17,21). The number of phenolic OH excluding ortho intramolecular Hbond substituents is 1. The molecule has 0 bridgehead atoms. The minimum atomic E-state index is -0.300. The molecule has 0 spiro atoms. The van der Waals surface area contributed by atoms with E-state index in [1.54, 1.807) is 12.1 Å². The predicted octanol–water partition coefficient (Wildman–Crippen LogP) is 0.459. The average molecular weight is 289 g/mol. The maximum absolute atomic E-state index is 12.3. The molecule has 1 aromatic rings. The minimum absolute atomic E-state index is 0.0593. The molecule has 2 saturated heterocycles. The fraction of sp³-hybridized carbons (Fsp3) is 0.467. The van der Waals surface area contributed by atoms with Crippen LogP contribution in [0.4, 0.5) is 5.69 Å². The van der Waals surface area contributed by atoms with Crippen LogP contribution in [0.5, 0.6) is 5.75 Å². The SMILES string of the molecule is Cc1cc(O)ccc1NC(=O)C1CC(=O)N(C2CNC2)C1. The molecule has 6 nitrogen and oxygen atoms in total. The van der Waals surface area contributed by atoms with Crippen LogP contribution in [0.15, 0.2) is 18.2 Å². The van der Waals surface area contributed by atoms with E-state index in [0.717, 1.165) is 18.7 Å². The molecular weight excluding hydrogens is 270 g/mol. The third-order valence-electron chi connectivity index (χ3n) is 4.20. The Kier molecular flexibility index (Phi) is 3.55. The van der Waals surface area contributed by atoms with E-state index in [-0.39, 0.29) is 35.9 Å². The lowest BCUT2D eigenvalue weighted by Gasteiger charge is -2.35. The van der Waals surface area contributed by atoms with Crippen LogP contribution in [0.3, 0.4) is 0 Å². The number of aryl methyl sites for hydroxylation is 1. The summed E-state index contributed by atoms with van der Waals surface area (Å²) in [7, 11) is 0. The lowest BCUT2D eigenvalue weighted by Crippen LogP contribution is -2.57. The van der Waals surface area contributed by atoms with E-state index >= 15 is 0 Å². The van der Waals surface area contributed by atoms with Crippen LogP contribution in [0.25, 0.3) is 0 Å². The topological polar surface area (TPSA) is 81.7 Å². The van der Waals surface area contributed by atoms with Gasteiger partial charge in [0.15, 0.2) is 0 Å². The molecule has 21 heavy (non-hydrogen) atoms. The van der Waals surface area contributed by atoms with Gasteiger partial charge in [-0.2, -0.15) is 0 Å². The van der Waals surface area contributed by atoms with Crippen molar-refractivity contribution in [3.05, 3.63) is 23.8 Å². The number of carbonyl (C=O) groups is 2. The second-order valence-corrected chi connectivity index (χ2v) is 5.75. The Morgan fingerprint density at radius 3 is 2.81 bits per heavy atom. The Hall–Kier alpha value is -2.08. The highest BCUT2D eigenvalue weighted by Crippen LogP contribution is 2.25. The van der Waals surface area contributed by atoms with Gasteiger partial charge in [-0.15, -0.1) is 0 Å². The molecule has 3 rings (SSSR count). The van der Waals surface area contributed by atoms with Crippen LogP contribution in [0.1, 0.15) is 12.0 Å². The Labute approximate surface area is 123 Å². The molecule has 2 heterocycles. The van der Waals surface area contributed by atoms with E-state index in [0.29, 0.717) is 12.2 Å². The molecule has 2 fully saturated rings. The zero-order chi connectivity index (χ0) is 15.0. The fourth-order valence-corrected chi connectivity index (χ4v) is 2.78. The van der Waals surface area contributed by atoms with Crippen molar-refractivity contribution in [1.82, 2.24) is 10.2 Å². The molecule has 2 aliphatic rings. The Morgan fingerprint density at radius 1 is 1.43 bits per heavy atom. The Morgan fingerprint density at radius 2 is 2.19 bits per heavy atom. The number of benzene rings is 1. The van der Waals surface area contributed by atoms with Crippen LogP contribution in [0, 0.1) is 12.8 Å². The number of hydrogen-bond acceptors (Lipinski definition) is 4. The van der Waals surface area contributed by atoms with Gasteiger partial charge in [0.2, 0.25) is 11.8 Å². The van der Waals surface area contributed by atoms with Gasteiger partial charge < -0.3 is 20.6 Å². The predicted molar refractivity (Wildman–Crippen MR) is 78.0 cm³/mol. The highest BCUT2D eigenvalue weighted by molar-refractivity contribution is 5.97. The second kappa shape index (κ2) is 5.37. The van der Waals surface area contributed by atoms with Crippen molar-refractivity contribution in [1.29, 1.82) is 0 Å². The van der Waals surface area contributed by atoms with E-state index in [1.807, 2.05) is 11.8 Å². The lowest BCUT2D eigenvalue weighted by atomic mass is 10.1. The molecule has 0 radical (unpaired) electrons. The van der Waals surface area contributed by atoms with Gasteiger partial charge in [-0.25, -0.2) is 0 Å². The first-order valence-corrected chi connectivity index (χ1v) is 7.15. The second-order valence-electron chi connectivity index (χ2n) is 5.75. The van der Waals surface area contributed by atoms with E-state index in [2.05, 4.69) is 10.6 Å². The van der Waals surface area contributed by atoms with Crippen LogP contribution >= 0.6 is 0 Å². The van der Waals surface area contributed by atoms with Crippen molar-refractivity contribution in [2.24, 2.45) is 5.92 Å². The van der Waals surface area contributed by atoms with E-state index < -0.39 is 0 Å². The first-order chi connectivity index (χ1) is 10.0. The van der Waals surface area contributed by atoms with Gasteiger partial charge in [0.25, 0.3) is 0 Å². The molecule has 2 aliphatic heterocycles. The average Bonchev–Trinajstić information content (AvgIpc) is 2.73. The molecule has 6 heteroatoms. The van der Waals surface area contributed by atoms with Gasteiger partial charge >= 0.3 is 0 Å². The zero-order valence-corrected chi connectivity index (χ0v) is 11.9. The van der Waals surface area contributed by atoms with Crippen molar-refractivity contribution < 1.29 is 14.7 Å². The summed E-state index contributed by atoms with van der Waals surface area (Å²) in [5, 5.41) is 15.4. The number of phenols is 1. The molecule has 1 unspecified atom stereocenters. The molecule has 1 atom stereocenters. The van der Waals surface area contributed by atoms with Crippen LogP contribution in [0.2, 0.25) is 0 Å². The molecule has 0 aromatic heterocycles. The highest BCUT2D eigenvalue weighted by Gasteiger charge is 2.39. The number of nitrogens with one attached hydrogen (secondary N) is 2. The van der Waals surface area contributed by atoms with Crippen molar-refractivity contribution >= 4 is 17.5 Å². The third-order valence-corrected chi connectivity index (χ3v) is 4.20. The molecule has 0 saturated carbocycles. The van der Waals surface area contributed by atoms with Crippen molar-refractivity contribution in [3.63, 3.8) is 0 Å². The molecule has 1 aromatic carbocycles. The van der Waals surface area contributed by atoms with Gasteiger partial charge in [-0.1, -0.05) is 0 Å². The van der Waals surface area contributed by atoms with Gasteiger partial charge in [-0.3, -0.25) is 9.59 Å².